The molecule has 4 aromatic rings. The van der Waals surface area contributed by atoms with Crippen molar-refractivity contribution >= 4 is 16.9 Å². The molecule has 0 unspecified atom stereocenters. The predicted octanol–water partition coefficient (Wildman–Crippen LogP) is 6.24. The lowest BCUT2D eigenvalue weighted by molar-refractivity contribution is 0.0687. The average molecular weight is 381 g/mol. The second-order valence-electron chi connectivity index (χ2n) is 8.02. The third-order valence-corrected chi connectivity index (χ3v) is 5.84. The second-order valence-corrected chi connectivity index (χ2v) is 8.02. The van der Waals surface area contributed by atoms with Gasteiger partial charge < -0.3 is 9.67 Å². The summed E-state index contributed by atoms with van der Waals surface area (Å²) in [5.74, 6) is -0.208. The van der Waals surface area contributed by atoms with Crippen molar-refractivity contribution in [3.63, 3.8) is 0 Å². The van der Waals surface area contributed by atoms with Crippen LogP contribution in [0, 0.1) is 6.92 Å². The van der Waals surface area contributed by atoms with Gasteiger partial charge in [0.25, 0.3) is 0 Å². The van der Waals surface area contributed by atoms with E-state index in [1.807, 2.05) is 34.9 Å². The highest BCUT2D eigenvalue weighted by Gasteiger charge is 2.25. The van der Waals surface area contributed by atoms with Crippen molar-refractivity contribution in [2.75, 3.05) is 0 Å². The van der Waals surface area contributed by atoms with Crippen molar-refractivity contribution in [2.24, 2.45) is 0 Å². The smallest absolute Gasteiger partial charge is 0.353 e. The molecule has 0 saturated heterocycles. The van der Waals surface area contributed by atoms with E-state index in [0.717, 1.165) is 27.6 Å². The molecular weight excluding hydrogens is 358 g/mol. The summed E-state index contributed by atoms with van der Waals surface area (Å²) in [6, 6.07) is 24.7. The van der Waals surface area contributed by atoms with Crippen molar-refractivity contribution in [3.05, 3.63) is 95.2 Å². The molecule has 144 valence electrons. The van der Waals surface area contributed by atoms with Crippen LogP contribution >= 0.6 is 0 Å². The molecule has 1 saturated carbocycles. The van der Waals surface area contributed by atoms with E-state index >= 15 is 0 Å². The van der Waals surface area contributed by atoms with Gasteiger partial charge in [0.2, 0.25) is 0 Å². The molecule has 0 atom stereocenters. The number of carboxylic acids is 1. The van der Waals surface area contributed by atoms with Crippen LogP contribution < -0.4 is 0 Å². The van der Waals surface area contributed by atoms with Crippen molar-refractivity contribution < 1.29 is 9.90 Å². The summed E-state index contributed by atoms with van der Waals surface area (Å²) in [7, 11) is 0. The molecule has 1 aromatic heterocycles. The van der Waals surface area contributed by atoms with Crippen molar-refractivity contribution in [1.29, 1.82) is 0 Å². The Morgan fingerprint density at radius 3 is 2.45 bits per heavy atom. The number of aromatic carboxylic acids is 1. The van der Waals surface area contributed by atoms with E-state index in [-0.39, 0.29) is 0 Å². The number of fused-ring (bicyclic) bond motifs is 1. The number of aromatic nitrogens is 1. The highest BCUT2D eigenvalue weighted by Crippen LogP contribution is 2.41. The molecule has 0 aliphatic heterocycles. The molecule has 3 nitrogen and oxygen atoms in total. The van der Waals surface area contributed by atoms with Crippen LogP contribution in [0.2, 0.25) is 0 Å². The Morgan fingerprint density at radius 2 is 1.76 bits per heavy atom. The zero-order valence-electron chi connectivity index (χ0n) is 16.4. The molecule has 3 heteroatoms. The van der Waals surface area contributed by atoms with Gasteiger partial charge >= 0.3 is 5.97 Å². The van der Waals surface area contributed by atoms with E-state index < -0.39 is 5.97 Å². The Balaban J connectivity index is 1.70. The molecule has 29 heavy (non-hydrogen) atoms. The number of carbonyl (C=O) groups is 1. The third-order valence-electron chi connectivity index (χ3n) is 5.84. The second kappa shape index (κ2) is 6.93. The van der Waals surface area contributed by atoms with Gasteiger partial charge in [0.15, 0.2) is 0 Å². The van der Waals surface area contributed by atoms with Gasteiger partial charge in [-0.25, -0.2) is 4.79 Å². The van der Waals surface area contributed by atoms with Crippen LogP contribution in [0.1, 0.15) is 45.9 Å². The van der Waals surface area contributed by atoms with Gasteiger partial charge in [0, 0.05) is 23.0 Å². The average Bonchev–Trinajstić information content (AvgIpc) is 3.52. The van der Waals surface area contributed by atoms with E-state index in [0.29, 0.717) is 18.2 Å². The van der Waals surface area contributed by atoms with Crippen LogP contribution in [0.4, 0.5) is 0 Å². The number of carboxylic acid groups (broad SMARTS) is 1. The van der Waals surface area contributed by atoms with Crippen LogP contribution in [0.15, 0.2) is 72.8 Å². The minimum Gasteiger partial charge on any atom is -0.477 e. The molecule has 3 aromatic carbocycles. The van der Waals surface area contributed by atoms with Gasteiger partial charge in [-0.1, -0.05) is 72.3 Å². The summed E-state index contributed by atoms with van der Waals surface area (Å²) >= 11 is 0. The summed E-state index contributed by atoms with van der Waals surface area (Å²) in [6.45, 7) is 2.59. The van der Waals surface area contributed by atoms with Gasteiger partial charge in [0.1, 0.15) is 5.69 Å². The van der Waals surface area contributed by atoms with Crippen LogP contribution in [-0.4, -0.2) is 15.6 Å². The highest BCUT2D eigenvalue weighted by molar-refractivity contribution is 6.08. The molecular formula is C26H23NO2. The lowest BCUT2D eigenvalue weighted by atomic mass is 9.99. The SMILES string of the molecule is Cc1cccc(Cn2c(C(=O)O)c(-c3ccc(C4CC4)cc3)c3ccccc32)c1. The fourth-order valence-electron chi connectivity index (χ4n) is 4.31. The fourth-order valence-corrected chi connectivity index (χ4v) is 4.31. The Morgan fingerprint density at radius 1 is 1.00 bits per heavy atom. The van der Waals surface area contributed by atoms with Crippen molar-refractivity contribution in [1.82, 2.24) is 4.57 Å². The van der Waals surface area contributed by atoms with Crippen LogP contribution in [0.3, 0.4) is 0 Å². The number of para-hydroxylation sites is 1. The normalized spacial score (nSPS) is 13.7. The molecule has 1 fully saturated rings. The molecule has 1 heterocycles. The van der Waals surface area contributed by atoms with Crippen molar-refractivity contribution in [2.45, 2.75) is 32.2 Å². The van der Waals surface area contributed by atoms with E-state index in [2.05, 4.69) is 49.4 Å². The molecule has 0 amide bonds. The first-order chi connectivity index (χ1) is 14.1. The Kier molecular flexibility index (Phi) is 4.24. The van der Waals surface area contributed by atoms with Gasteiger partial charge in [-0.15, -0.1) is 0 Å². The number of hydrogen-bond donors (Lipinski definition) is 1. The highest BCUT2D eigenvalue weighted by atomic mass is 16.4. The molecule has 1 aliphatic rings. The first-order valence-corrected chi connectivity index (χ1v) is 10.1. The number of hydrogen-bond acceptors (Lipinski definition) is 1. The van der Waals surface area contributed by atoms with Gasteiger partial charge in [-0.3, -0.25) is 0 Å². The largest absolute Gasteiger partial charge is 0.477 e. The van der Waals surface area contributed by atoms with Gasteiger partial charge in [-0.05, 0) is 48.4 Å². The van der Waals surface area contributed by atoms with Gasteiger partial charge in [-0.2, -0.15) is 0 Å². The number of aryl methyl sites for hydroxylation is 1. The van der Waals surface area contributed by atoms with Crippen LogP contribution in [-0.2, 0) is 6.54 Å². The summed E-state index contributed by atoms with van der Waals surface area (Å²) in [5.41, 5.74) is 6.71. The molecule has 1 aliphatic carbocycles. The number of rotatable bonds is 5. The van der Waals surface area contributed by atoms with Crippen LogP contribution in [0.5, 0.6) is 0 Å². The zero-order valence-corrected chi connectivity index (χ0v) is 16.4. The first kappa shape index (κ1) is 17.7. The summed E-state index contributed by atoms with van der Waals surface area (Å²) < 4.78 is 1.94. The Bertz CT molecular complexity index is 1210. The quantitative estimate of drug-likeness (QED) is 0.444. The number of benzene rings is 3. The summed E-state index contributed by atoms with van der Waals surface area (Å²) in [4.78, 5) is 12.4. The predicted molar refractivity (Wildman–Crippen MR) is 117 cm³/mol. The summed E-state index contributed by atoms with van der Waals surface area (Å²) in [5, 5.41) is 11.2. The Labute approximate surface area is 170 Å². The molecule has 0 bridgehead atoms. The minimum absolute atomic E-state index is 0.354. The van der Waals surface area contributed by atoms with E-state index in [1.165, 1.54) is 24.0 Å². The van der Waals surface area contributed by atoms with Crippen LogP contribution in [0.25, 0.3) is 22.0 Å². The lowest BCUT2D eigenvalue weighted by Crippen LogP contribution is -2.10. The summed E-state index contributed by atoms with van der Waals surface area (Å²) in [6.07, 6.45) is 2.52. The lowest BCUT2D eigenvalue weighted by Gasteiger charge is -2.10. The minimum atomic E-state index is -0.893. The number of nitrogens with zero attached hydrogens (tertiary/aromatic N) is 1. The molecule has 1 N–H and O–H groups in total. The standard InChI is InChI=1S/C26H23NO2/c1-17-5-4-6-18(15-17)16-27-23-8-3-2-7-22(23)24(25(27)26(28)29)21-13-11-20(12-14-21)19-9-10-19/h2-8,11-15,19H,9-10,16H2,1H3,(H,28,29). The van der Waals surface area contributed by atoms with E-state index in [9.17, 15) is 9.90 Å². The maximum Gasteiger partial charge on any atom is 0.353 e. The van der Waals surface area contributed by atoms with Gasteiger partial charge in [0.05, 0.1) is 0 Å². The maximum atomic E-state index is 12.4. The first-order valence-electron chi connectivity index (χ1n) is 10.1. The van der Waals surface area contributed by atoms with E-state index in [4.69, 9.17) is 0 Å². The topological polar surface area (TPSA) is 42.2 Å². The maximum absolute atomic E-state index is 12.4. The molecule has 0 radical (unpaired) electrons. The monoisotopic (exact) mass is 381 g/mol. The molecule has 5 rings (SSSR count). The fraction of sp³-hybridized carbons (Fsp3) is 0.192. The zero-order chi connectivity index (χ0) is 20.0. The molecule has 0 spiro atoms. The third kappa shape index (κ3) is 3.23. The Hall–Kier alpha value is -3.33. The van der Waals surface area contributed by atoms with E-state index in [1.54, 1.807) is 0 Å². The van der Waals surface area contributed by atoms with Crippen molar-refractivity contribution in [3.8, 4) is 11.1 Å².